The number of carboxylic acids is 1. The molecule has 1 saturated carbocycles. The Morgan fingerprint density at radius 2 is 1.70 bits per heavy atom. The van der Waals surface area contributed by atoms with Gasteiger partial charge in [0.1, 0.15) is 28.4 Å². The minimum atomic E-state index is -1.63. The molecular formula is C38H44O8. The van der Waals surface area contributed by atoms with Gasteiger partial charge in [-0.3, -0.25) is 9.59 Å². The first-order valence-corrected chi connectivity index (χ1v) is 16.2. The number of Topliss-reactive ketones (excluding diaryl/α,β-unsaturated/α-hetero) is 2. The van der Waals surface area contributed by atoms with E-state index in [1.54, 1.807) is 6.08 Å². The third kappa shape index (κ3) is 4.47. The van der Waals surface area contributed by atoms with E-state index in [1.165, 1.54) is 18.6 Å². The number of hydrogen-bond donors (Lipinski definition) is 2. The Morgan fingerprint density at radius 1 is 1.00 bits per heavy atom. The Balaban J connectivity index is 1.59. The number of aliphatic carboxylic acids is 1. The molecule has 1 spiro atoms. The van der Waals surface area contributed by atoms with Gasteiger partial charge in [-0.15, -0.1) is 0 Å². The number of rotatable bonds is 8. The number of phenolic OH excluding ortho intramolecular Hbond substituents is 1. The highest BCUT2D eigenvalue weighted by molar-refractivity contribution is 6.19. The van der Waals surface area contributed by atoms with Crippen molar-refractivity contribution < 1.29 is 38.8 Å². The van der Waals surface area contributed by atoms with Crippen LogP contribution in [0.5, 0.6) is 17.2 Å². The van der Waals surface area contributed by atoms with Gasteiger partial charge >= 0.3 is 5.97 Å². The molecular weight excluding hydrogens is 584 g/mol. The Morgan fingerprint density at radius 3 is 2.35 bits per heavy atom. The molecule has 0 aromatic heterocycles. The molecule has 1 aromatic carbocycles. The van der Waals surface area contributed by atoms with Crippen LogP contribution in [0.25, 0.3) is 6.08 Å². The minimum Gasteiger partial charge on any atom is -0.506 e. The first-order chi connectivity index (χ1) is 21.5. The summed E-state index contributed by atoms with van der Waals surface area (Å²) < 4.78 is 20.6. The zero-order valence-corrected chi connectivity index (χ0v) is 28.0. The molecule has 5 atom stereocenters. The number of ether oxygens (including phenoxy) is 3. The molecule has 2 N–H and O–H groups in total. The Labute approximate surface area is 270 Å². The van der Waals surface area contributed by atoms with Crippen LogP contribution in [-0.4, -0.2) is 50.2 Å². The number of hydrogen-bond acceptors (Lipinski definition) is 7. The molecule has 0 amide bonds. The van der Waals surface area contributed by atoms with Crippen LogP contribution in [0, 0.1) is 11.8 Å². The Bertz CT molecular complexity index is 1730. The molecule has 46 heavy (non-hydrogen) atoms. The predicted molar refractivity (Wildman–Crippen MR) is 174 cm³/mol. The van der Waals surface area contributed by atoms with Crippen molar-refractivity contribution in [2.45, 2.75) is 110 Å². The predicted octanol–water partition coefficient (Wildman–Crippen LogP) is 7.24. The number of fused-ring (bicyclic) bond motifs is 2. The normalized spacial score (nSPS) is 31.2. The molecule has 3 heterocycles. The van der Waals surface area contributed by atoms with Gasteiger partial charge < -0.3 is 24.4 Å². The molecule has 6 aliphatic rings. The fourth-order valence-electron chi connectivity index (χ4n) is 8.17. The number of ketones is 2. The van der Waals surface area contributed by atoms with E-state index in [0.29, 0.717) is 41.7 Å². The maximum absolute atomic E-state index is 14.7. The van der Waals surface area contributed by atoms with E-state index in [0.717, 1.165) is 12.0 Å². The smallest absolute Gasteiger partial charge is 0.330 e. The molecule has 7 rings (SSSR count). The summed E-state index contributed by atoms with van der Waals surface area (Å²) in [6.07, 6.45) is 13.4. The topological polar surface area (TPSA) is 119 Å². The van der Waals surface area contributed by atoms with Crippen LogP contribution < -0.4 is 9.47 Å². The monoisotopic (exact) mass is 628 g/mol. The third-order valence-corrected chi connectivity index (χ3v) is 10.5. The highest BCUT2D eigenvalue weighted by Crippen LogP contribution is 2.68. The van der Waals surface area contributed by atoms with E-state index in [9.17, 15) is 24.6 Å². The maximum Gasteiger partial charge on any atom is 0.330 e. The second kappa shape index (κ2) is 10.6. The molecule has 1 saturated heterocycles. The van der Waals surface area contributed by atoms with E-state index in [1.807, 2.05) is 52.8 Å². The molecule has 3 aliphatic carbocycles. The first kappa shape index (κ1) is 32.0. The molecule has 3 aliphatic heterocycles. The van der Waals surface area contributed by atoms with Gasteiger partial charge in [-0.1, -0.05) is 35.5 Å². The van der Waals surface area contributed by atoms with Crippen molar-refractivity contribution in [1.29, 1.82) is 0 Å². The van der Waals surface area contributed by atoms with Crippen molar-refractivity contribution in [2.75, 3.05) is 0 Å². The van der Waals surface area contributed by atoms with Gasteiger partial charge in [-0.2, -0.15) is 0 Å². The van der Waals surface area contributed by atoms with Crippen LogP contribution in [0.2, 0.25) is 0 Å². The summed E-state index contributed by atoms with van der Waals surface area (Å²) in [4.78, 5) is 40.8. The van der Waals surface area contributed by atoms with Crippen LogP contribution >= 0.6 is 0 Å². The fourth-order valence-corrected chi connectivity index (χ4v) is 8.17. The average Bonchev–Trinajstić information content (AvgIpc) is 3.12. The Kier molecular flexibility index (Phi) is 7.36. The molecule has 8 nitrogen and oxygen atoms in total. The van der Waals surface area contributed by atoms with Crippen molar-refractivity contribution in [3.63, 3.8) is 0 Å². The summed E-state index contributed by atoms with van der Waals surface area (Å²) in [6.45, 7) is 15.4. The van der Waals surface area contributed by atoms with E-state index in [2.05, 4.69) is 19.9 Å². The van der Waals surface area contributed by atoms with Crippen molar-refractivity contribution in [3.8, 4) is 17.2 Å². The second-order valence-electron chi connectivity index (χ2n) is 14.8. The van der Waals surface area contributed by atoms with Crippen LogP contribution in [0.15, 0.2) is 52.7 Å². The summed E-state index contributed by atoms with van der Waals surface area (Å²) >= 11 is 0. The highest BCUT2D eigenvalue weighted by atomic mass is 16.6. The van der Waals surface area contributed by atoms with E-state index >= 15 is 0 Å². The van der Waals surface area contributed by atoms with Crippen molar-refractivity contribution >= 4 is 23.6 Å². The summed E-state index contributed by atoms with van der Waals surface area (Å²) in [5.41, 5.74) is -0.952. The highest BCUT2D eigenvalue weighted by Gasteiger charge is 2.81. The number of carbonyl (C=O) groups is 3. The number of carbonyl (C=O) groups excluding carboxylic acids is 2. The number of phenols is 1. The average molecular weight is 629 g/mol. The number of carboxylic acid groups (broad SMARTS) is 1. The quantitative estimate of drug-likeness (QED) is 0.228. The number of benzene rings is 1. The molecule has 0 radical (unpaired) electrons. The lowest BCUT2D eigenvalue weighted by molar-refractivity contribution is -0.171. The zero-order chi connectivity index (χ0) is 33.6. The fraction of sp³-hybridized carbons (Fsp3) is 0.500. The van der Waals surface area contributed by atoms with Gasteiger partial charge in [-0.25, -0.2) is 4.79 Å². The van der Waals surface area contributed by atoms with Gasteiger partial charge in [0.2, 0.25) is 0 Å². The lowest BCUT2D eigenvalue weighted by Gasteiger charge is -2.56. The summed E-state index contributed by atoms with van der Waals surface area (Å²) in [6, 6.07) is 0. The van der Waals surface area contributed by atoms with E-state index in [4.69, 9.17) is 14.2 Å². The van der Waals surface area contributed by atoms with Crippen LogP contribution in [-0.2, 0) is 20.7 Å². The first-order valence-electron chi connectivity index (χ1n) is 16.2. The summed E-state index contributed by atoms with van der Waals surface area (Å²) in [5, 5.41) is 21.4. The van der Waals surface area contributed by atoms with Crippen molar-refractivity contribution in [2.24, 2.45) is 11.8 Å². The maximum atomic E-state index is 14.7. The minimum absolute atomic E-state index is 0.0544. The van der Waals surface area contributed by atoms with E-state index in [-0.39, 0.29) is 40.8 Å². The molecule has 2 fully saturated rings. The second-order valence-corrected chi connectivity index (χ2v) is 14.8. The zero-order valence-electron chi connectivity index (χ0n) is 28.0. The third-order valence-electron chi connectivity index (χ3n) is 10.5. The molecule has 5 unspecified atom stereocenters. The van der Waals surface area contributed by atoms with Crippen molar-refractivity contribution in [3.05, 3.63) is 69.4 Å². The molecule has 4 bridgehead atoms. The molecule has 8 heteroatoms. The van der Waals surface area contributed by atoms with Crippen LogP contribution in [0.3, 0.4) is 0 Å². The lowest BCUT2D eigenvalue weighted by Crippen LogP contribution is -2.72. The van der Waals surface area contributed by atoms with Gasteiger partial charge in [-0.05, 0) is 93.2 Å². The van der Waals surface area contributed by atoms with Gasteiger partial charge in [0, 0.05) is 35.0 Å². The summed E-state index contributed by atoms with van der Waals surface area (Å²) in [5.74, 6) is -2.28. The van der Waals surface area contributed by atoms with Crippen LogP contribution in [0.4, 0.5) is 0 Å². The molecule has 244 valence electrons. The largest absolute Gasteiger partial charge is 0.506 e. The van der Waals surface area contributed by atoms with Gasteiger partial charge in [0.25, 0.3) is 0 Å². The number of allylic oxidation sites excluding steroid dienone is 5. The van der Waals surface area contributed by atoms with Gasteiger partial charge in [0.15, 0.2) is 22.8 Å². The number of aromatic hydroxyl groups is 1. The van der Waals surface area contributed by atoms with Crippen molar-refractivity contribution in [1.82, 2.24) is 0 Å². The SMILES string of the molecule is CC(C)=CCCC1(C)C=Cc2c(O)c3c(c(CC=C(C)C)c2O1)OC12C(=CC4CC1C(C)(C)OC2(CC=C(C)C(=O)O)C4=O)C3=O. The lowest BCUT2D eigenvalue weighted by atomic mass is 9.51. The molecule has 1 aromatic rings. The van der Waals surface area contributed by atoms with Crippen LogP contribution in [0.1, 0.15) is 103 Å². The van der Waals surface area contributed by atoms with E-state index < -0.39 is 40.1 Å². The summed E-state index contributed by atoms with van der Waals surface area (Å²) in [7, 11) is 0. The van der Waals surface area contributed by atoms with Gasteiger partial charge in [0.05, 0.1) is 11.2 Å². The standard InChI is InChI=1S/C38H44O8/c1-20(2)10-9-15-36(8)16-14-24-29(39)28-30(40)26-18-23-19-27-35(6,7)46-37(33(23)41,17-13-22(5)34(42)43)38(26,27)45-32(28)25(31(24)44-36)12-11-21(3)4/h10-11,13-14,16,18,23,27,39H,9,12,15,17,19H2,1-8H3,(H,42,43). The Hall–Kier alpha value is -3.91.